The van der Waals surface area contributed by atoms with Crippen LogP contribution in [0.15, 0.2) is 35.9 Å². The minimum Gasteiger partial charge on any atom is -0.478 e. The summed E-state index contributed by atoms with van der Waals surface area (Å²) < 4.78 is 0. The maximum Gasteiger partial charge on any atom is 0.329 e. The van der Waals surface area contributed by atoms with E-state index in [0.717, 1.165) is 4.90 Å². The molecule has 0 aromatic heterocycles. The highest BCUT2D eigenvalue weighted by Crippen LogP contribution is 2.22. The van der Waals surface area contributed by atoms with Crippen LogP contribution in [0.25, 0.3) is 0 Å². The number of aliphatic carboxylic acids is 1. The van der Waals surface area contributed by atoms with Crippen LogP contribution in [0.5, 0.6) is 0 Å². The Morgan fingerprint density at radius 2 is 1.90 bits per heavy atom. The van der Waals surface area contributed by atoms with Gasteiger partial charge in [-0.05, 0) is 36.5 Å². The van der Waals surface area contributed by atoms with Crippen LogP contribution in [0.2, 0.25) is 5.02 Å². The second-order valence-electron chi connectivity index (χ2n) is 3.77. The number of anilines is 1. The van der Waals surface area contributed by atoms with E-state index in [1.54, 1.807) is 12.1 Å². The van der Waals surface area contributed by atoms with Gasteiger partial charge in [0.1, 0.15) is 5.57 Å². The molecule has 102 valence electrons. The number of carboxylic acid groups (broad SMARTS) is 1. The van der Waals surface area contributed by atoms with Gasteiger partial charge in [-0.25, -0.2) is 4.79 Å². The van der Waals surface area contributed by atoms with Crippen molar-refractivity contribution < 1.29 is 19.5 Å². The fourth-order valence-corrected chi connectivity index (χ4v) is 2.01. The van der Waals surface area contributed by atoms with Gasteiger partial charge in [0.05, 0.1) is 5.69 Å². The number of halogens is 1. The third kappa shape index (κ3) is 2.68. The average Bonchev–Trinajstić information content (AvgIpc) is 2.36. The Kier molecular flexibility index (Phi) is 3.82. The number of hydrogen-bond acceptors (Lipinski definition) is 4. The van der Waals surface area contributed by atoms with Gasteiger partial charge in [-0.3, -0.25) is 19.8 Å². The van der Waals surface area contributed by atoms with Crippen LogP contribution < -0.4 is 10.2 Å². The van der Waals surface area contributed by atoms with Crippen molar-refractivity contribution in [2.45, 2.75) is 0 Å². The van der Waals surface area contributed by atoms with E-state index in [1.807, 2.05) is 0 Å². The predicted octanol–water partition coefficient (Wildman–Crippen LogP) is 1.10. The van der Waals surface area contributed by atoms with E-state index in [4.69, 9.17) is 28.9 Å². The maximum atomic E-state index is 12.2. The van der Waals surface area contributed by atoms with Gasteiger partial charge in [0.15, 0.2) is 5.11 Å². The number of carboxylic acids is 1. The number of carbonyl (C=O) groups is 3. The van der Waals surface area contributed by atoms with Gasteiger partial charge in [0, 0.05) is 11.1 Å². The highest BCUT2D eigenvalue weighted by Gasteiger charge is 2.34. The van der Waals surface area contributed by atoms with Crippen molar-refractivity contribution in [1.29, 1.82) is 0 Å². The molecule has 0 radical (unpaired) electrons. The van der Waals surface area contributed by atoms with Gasteiger partial charge in [0.25, 0.3) is 11.8 Å². The molecule has 6 nitrogen and oxygen atoms in total. The Hall–Kier alpha value is -2.25. The van der Waals surface area contributed by atoms with Crippen LogP contribution in [0.4, 0.5) is 5.69 Å². The fourth-order valence-electron chi connectivity index (χ4n) is 1.61. The molecule has 8 heteroatoms. The normalized spacial score (nSPS) is 17.4. The smallest absolute Gasteiger partial charge is 0.329 e. The van der Waals surface area contributed by atoms with Gasteiger partial charge in [-0.15, -0.1) is 0 Å². The molecule has 1 aliphatic heterocycles. The molecule has 1 fully saturated rings. The number of hydrogen-bond donors (Lipinski definition) is 2. The molecule has 2 rings (SSSR count). The molecule has 0 unspecified atom stereocenters. The first kappa shape index (κ1) is 14.2. The second-order valence-corrected chi connectivity index (χ2v) is 4.60. The number of thiocarbonyl (C=S) groups is 1. The molecule has 1 aromatic rings. The molecule has 0 bridgehead atoms. The van der Waals surface area contributed by atoms with Crippen molar-refractivity contribution in [1.82, 2.24) is 5.32 Å². The number of benzene rings is 1. The number of carbonyl (C=O) groups excluding carboxylic acids is 2. The monoisotopic (exact) mass is 310 g/mol. The van der Waals surface area contributed by atoms with E-state index in [1.165, 1.54) is 12.1 Å². The van der Waals surface area contributed by atoms with E-state index in [9.17, 15) is 14.4 Å². The average molecular weight is 311 g/mol. The molecule has 2 N–H and O–H groups in total. The van der Waals surface area contributed by atoms with Gasteiger partial charge in [-0.1, -0.05) is 11.6 Å². The Labute approximate surface area is 123 Å². The van der Waals surface area contributed by atoms with Crippen molar-refractivity contribution in [2.75, 3.05) is 4.90 Å². The molecule has 1 aliphatic rings. The minimum atomic E-state index is -1.40. The lowest BCUT2D eigenvalue weighted by Gasteiger charge is -2.28. The highest BCUT2D eigenvalue weighted by atomic mass is 35.5. The molecule has 0 aliphatic carbocycles. The molecule has 2 amide bonds. The number of nitrogens with one attached hydrogen (secondary N) is 1. The zero-order chi connectivity index (χ0) is 14.9. The van der Waals surface area contributed by atoms with E-state index >= 15 is 0 Å². The third-order valence-electron chi connectivity index (χ3n) is 2.45. The first-order chi connectivity index (χ1) is 9.40. The quantitative estimate of drug-likeness (QED) is 0.485. The summed E-state index contributed by atoms with van der Waals surface area (Å²) in [6, 6.07) is 6.15. The molecule has 1 aromatic carbocycles. The zero-order valence-corrected chi connectivity index (χ0v) is 11.4. The predicted molar refractivity (Wildman–Crippen MR) is 75.4 cm³/mol. The van der Waals surface area contributed by atoms with Crippen LogP contribution in [-0.2, 0) is 14.4 Å². The summed E-state index contributed by atoms with van der Waals surface area (Å²) in [5, 5.41) is 11.3. The molecule has 1 heterocycles. The van der Waals surface area contributed by atoms with Crippen molar-refractivity contribution in [3.63, 3.8) is 0 Å². The summed E-state index contributed by atoms with van der Waals surface area (Å²) in [5.41, 5.74) is -0.123. The lowest BCUT2D eigenvalue weighted by Crippen LogP contribution is -2.54. The van der Waals surface area contributed by atoms with Crippen molar-refractivity contribution in [2.24, 2.45) is 0 Å². The molecule has 0 atom stereocenters. The Morgan fingerprint density at radius 3 is 2.45 bits per heavy atom. The van der Waals surface area contributed by atoms with Crippen molar-refractivity contribution in [3.05, 3.63) is 40.9 Å². The van der Waals surface area contributed by atoms with Crippen molar-refractivity contribution >= 4 is 52.4 Å². The Bertz CT molecular complexity index is 654. The summed E-state index contributed by atoms with van der Waals surface area (Å²) >= 11 is 10.7. The molecule has 20 heavy (non-hydrogen) atoms. The first-order valence-electron chi connectivity index (χ1n) is 5.30. The van der Waals surface area contributed by atoms with Gasteiger partial charge < -0.3 is 5.11 Å². The van der Waals surface area contributed by atoms with Gasteiger partial charge in [0.2, 0.25) is 0 Å². The van der Waals surface area contributed by atoms with Gasteiger partial charge >= 0.3 is 5.97 Å². The molecule has 1 saturated heterocycles. The summed E-state index contributed by atoms with van der Waals surface area (Å²) in [7, 11) is 0. The topological polar surface area (TPSA) is 86.7 Å². The maximum absolute atomic E-state index is 12.2. The van der Waals surface area contributed by atoms with Crippen LogP contribution >= 0.6 is 23.8 Å². The van der Waals surface area contributed by atoms with Crippen LogP contribution in [0.1, 0.15) is 0 Å². The number of nitrogens with zero attached hydrogens (tertiary/aromatic N) is 1. The first-order valence-corrected chi connectivity index (χ1v) is 6.08. The van der Waals surface area contributed by atoms with Crippen LogP contribution in [-0.4, -0.2) is 28.0 Å². The van der Waals surface area contributed by atoms with E-state index in [-0.39, 0.29) is 5.11 Å². The van der Waals surface area contributed by atoms with E-state index in [2.05, 4.69) is 5.32 Å². The Morgan fingerprint density at radius 1 is 1.30 bits per heavy atom. The fraction of sp³-hybridized carbons (Fsp3) is 0. The molecular weight excluding hydrogens is 304 g/mol. The van der Waals surface area contributed by atoms with Crippen LogP contribution in [0, 0.1) is 0 Å². The lowest BCUT2D eigenvalue weighted by atomic mass is 10.1. The molecule has 0 spiro atoms. The van der Waals surface area contributed by atoms with E-state index < -0.39 is 23.4 Å². The Balaban J connectivity index is 2.45. The SMILES string of the molecule is O=C(O)/C=C1/C(=O)NC(=S)N(c2ccc(Cl)cc2)C1=O. The lowest BCUT2D eigenvalue weighted by molar-refractivity contribution is -0.132. The van der Waals surface area contributed by atoms with Crippen molar-refractivity contribution in [3.8, 4) is 0 Å². The zero-order valence-electron chi connectivity index (χ0n) is 9.79. The highest BCUT2D eigenvalue weighted by molar-refractivity contribution is 7.80. The largest absolute Gasteiger partial charge is 0.478 e. The third-order valence-corrected chi connectivity index (χ3v) is 2.99. The number of rotatable bonds is 2. The van der Waals surface area contributed by atoms with E-state index in [0.29, 0.717) is 16.8 Å². The van der Waals surface area contributed by atoms with Crippen LogP contribution in [0.3, 0.4) is 0 Å². The molecule has 0 saturated carbocycles. The van der Waals surface area contributed by atoms with Gasteiger partial charge in [-0.2, -0.15) is 0 Å². The summed E-state index contributed by atoms with van der Waals surface area (Å²) in [5.74, 6) is -3.04. The molecular formula is C12H7ClN2O4S. The second kappa shape index (κ2) is 5.40. The summed E-state index contributed by atoms with van der Waals surface area (Å²) in [4.78, 5) is 35.4. The standard InChI is InChI=1S/C12H7ClN2O4S/c13-6-1-3-7(4-2-6)15-11(19)8(5-9(16)17)10(18)14-12(15)20/h1-5H,(H,16,17)(H,14,18,20)/b8-5-. The summed E-state index contributed by atoms with van der Waals surface area (Å²) in [6.07, 6.45) is 0.544. The minimum absolute atomic E-state index is 0.120. The summed E-state index contributed by atoms with van der Waals surface area (Å²) in [6.45, 7) is 0. The number of amides is 2.